The van der Waals surface area contributed by atoms with Gasteiger partial charge in [-0.05, 0) is 29.8 Å². The van der Waals surface area contributed by atoms with Crippen LogP contribution in [0.2, 0.25) is 5.02 Å². The fraction of sp³-hybridized carbons (Fsp3) is 0. The predicted octanol–water partition coefficient (Wildman–Crippen LogP) is 3.79. The first-order valence-corrected chi connectivity index (χ1v) is 5.32. The van der Waals surface area contributed by atoms with Crippen molar-refractivity contribution in [1.29, 1.82) is 0 Å². The molecule has 2 nitrogen and oxygen atoms in total. The highest BCUT2D eigenvalue weighted by atomic mass is 35.5. The second kappa shape index (κ2) is 5.33. The fourth-order valence-corrected chi connectivity index (χ4v) is 1.48. The molecule has 0 amide bonds. The lowest BCUT2D eigenvalue weighted by molar-refractivity contribution is 1.35. The van der Waals surface area contributed by atoms with Crippen LogP contribution in [0.3, 0.4) is 0 Å². The minimum Gasteiger partial charge on any atom is -0.279 e. The number of hydrazone groups is 1. The summed E-state index contributed by atoms with van der Waals surface area (Å²) in [5.74, 6) is 0. The van der Waals surface area contributed by atoms with Gasteiger partial charge in [-0.2, -0.15) is 5.10 Å². The summed E-state index contributed by atoms with van der Waals surface area (Å²) in [6, 6.07) is 17.3. The van der Waals surface area contributed by atoms with Crippen molar-refractivity contribution >= 4 is 23.5 Å². The lowest BCUT2D eigenvalue weighted by atomic mass is 10.2. The van der Waals surface area contributed by atoms with Gasteiger partial charge in [-0.3, -0.25) is 5.43 Å². The van der Waals surface area contributed by atoms with Gasteiger partial charge in [-0.1, -0.05) is 41.9 Å². The molecule has 0 aromatic heterocycles. The van der Waals surface area contributed by atoms with Crippen molar-refractivity contribution in [1.82, 2.24) is 0 Å². The monoisotopic (exact) mass is 230 g/mol. The summed E-state index contributed by atoms with van der Waals surface area (Å²) in [6.45, 7) is 0. The lowest BCUT2D eigenvalue weighted by Crippen LogP contribution is -1.89. The first-order chi connectivity index (χ1) is 7.84. The summed E-state index contributed by atoms with van der Waals surface area (Å²) < 4.78 is 0. The maximum absolute atomic E-state index is 5.86. The van der Waals surface area contributed by atoms with Crippen LogP contribution in [0.5, 0.6) is 0 Å². The number of anilines is 1. The van der Waals surface area contributed by atoms with E-state index >= 15 is 0 Å². The van der Waals surface area contributed by atoms with Gasteiger partial charge in [0.25, 0.3) is 0 Å². The van der Waals surface area contributed by atoms with E-state index in [0.717, 1.165) is 11.3 Å². The van der Waals surface area contributed by atoms with Crippen LogP contribution >= 0.6 is 11.6 Å². The van der Waals surface area contributed by atoms with Crippen molar-refractivity contribution in [3.8, 4) is 0 Å². The van der Waals surface area contributed by atoms with Crippen molar-refractivity contribution in [2.24, 2.45) is 5.10 Å². The number of rotatable bonds is 3. The molecule has 2 aromatic carbocycles. The molecular weight excluding hydrogens is 220 g/mol. The second-order valence-electron chi connectivity index (χ2n) is 3.29. The van der Waals surface area contributed by atoms with E-state index in [-0.39, 0.29) is 0 Å². The van der Waals surface area contributed by atoms with Gasteiger partial charge < -0.3 is 0 Å². The van der Waals surface area contributed by atoms with Crippen molar-refractivity contribution in [3.05, 3.63) is 65.2 Å². The standard InChI is InChI=1S/C13H11ClN2/c14-12-6-4-5-11(9-12)10-15-16-13-7-2-1-3-8-13/h1-10,16H/b15-10-. The van der Waals surface area contributed by atoms with Gasteiger partial charge in [-0.15, -0.1) is 0 Å². The van der Waals surface area contributed by atoms with E-state index in [1.54, 1.807) is 6.21 Å². The van der Waals surface area contributed by atoms with E-state index in [2.05, 4.69) is 10.5 Å². The lowest BCUT2D eigenvalue weighted by Gasteiger charge is -1.98. The SMILES string of the molecule is Clc1cccc(/C=N\Nc2ccccc2)c1. The third kappa shape index (κ3) is 3.11. The number of hydrogen-bond acceptors (Lipinski definition) is 2. The van der Waals surface area contributed by atoms with Crippen LogP contribution in [0.1, 0.15) is 5.56 Å². The van der Waals surface area contributed by atoms with Crippen LogP contribution in [-0.4, -0.2) is 6.21 Å². The molecule has 3 heteroatoms. The normalized spacial score (nSPS) is 10.6. The highest BCUT2D eigenvalue weighted by Gasteiger charge is 1.89. The number of nitrogens with zero attached hydrogens (tertiary/aromatic N) is 1. The molecule has 1 N–H and O–H groups in total. The Balaban J connectivity index is 2.00. The Morgan fingerprint density at radius 3 is 2.56 bits per heavy atom. The molecule has 0 saturated carbocycles. The zero-order valence-electron chi connectivity index (χ0n) is 8.60. The molecule has 0 fully saturated rings. The second-order valence-corrected chi connectivity index (χ2v) is 3.73. The molecule has 0 atom stereocenters. The molecule has 0 unspecified atom stereocenters. The van der Waals surface area contributed by atoms with Crippen LogP contribution in [0.15, 0.2) is 59.7 Å². The Morgan fingerprint density at radius 2 is 1.81 bits per heavy atom. The number of benzene rings is 2. The molecule has 16 heavy (non-hydrogen) atoms. The molecule has 2 aromatic rings. The predicted molar refractivity (Wildman–Crippen MR) is 69.1 cm³/mol. The summed E-state index contributed by atoms with van der Waals surface area (Å²) in [5, 5.41) is 4.83. The minimum atomic E-state index is 0.712. The first kappa shape index (κ1) is 10.7. The third-order valence-electron chi connectivity index (χ3n) is 2.03. The molecule has 2 rings (SSSR count). The zero-order chi connectivity index (χ0) is 11.2. The smallest absolute Gasteiger partial charge is 0.0561 e. The Morgan fingerprint density at radius 1 is 1.00 bits per heavy atom. The van der Waals surface area contributed by atoms with Crippen LogP contribution in [-0.2, 0) is 0 Å². The van der Waals surface area contributed by atoms with Gasteiger partial charge in [0.2, 0.25) is 0 Å². The number of hydrogen-bond donors (Lipinski definition) is 1. The highest BCUT2D eigenvalue weighted by Crippen LogP contribution is 2.09. The van der Waals surface area contributed by atoms with E-state index in [1.807, 2.05) is 54.6 Å². The van der Waals surface area contributed by atoms with E-state index in [1.165, 1.54) is 0 Å². The minimum absolute atomic E-state index is 0.712. The molecule has 0 bridgehead atoms. The van der Waals surface area contributed by atoms with Crippen molar-refractivity contribution in [3.63, 3.8) is 0 Å². The summed E-state index contributed by atoms with van der Waals surface area (Å²) in [5.41, 5.74) is 4.87. The van der Waals surface area contributed by atoms with E-state index in [9.17, 15) is 0 Å². The average Bonchev–Trinajstić information content (AvgIpc) is 2.30. The Kier molecular flexibility index (Phi) is 3.57. The maximum atomic E-state index is 5.86. The Labute approximate surface area is 99.6 Å². The van der Waals surface area contributed by atoms with E-state index < -0.39 is 0 Å². The average molecular weight is 231 g/mol. The van der Waals surface area contributed by atoms with Gasteiger partial charge in [0.15, 0.2) is 0 Å². The van der Waals surface area contributed by atoms with Gasteiger partial charge in [0.05, 0.1) is 11.9 Å². The molecule has 0 spiro atoms. The Hall–Kier alpha value is -1.80. The molecule has 0 aliphatic carbocycles. The summed E-state index contributed by atoms with van der Waals surface area (Å²) in [4.78, 5) is 0. The molecule has 0 aliphatic heterocycles. The molecular formula is C13H11ClN2. The number of para-hydroxylation sites is 1. The third-order valence-corrected chi connectivity index (χ3v) is 2.26. The Bertz CT molecular complexity index is 480. The first-order valence-electron chi connectivity index (χ1n) is 4.94. The van der Waals surface area contributed by atoms with Gasteiger partial charge in [-0.25, -0.2) is 0 Å². The largest absolute Gasteiger partial charge is 0.279 e. The summed E-state index contributed by atoms with van der Waals surface area (Å²) in [6.07, 6.45) is 1.74. The van der Waals surface area contributed by atoms with Crippen LogP contribution < -0.4 is 5.43 Å². The topological polar surface area (TPSA) is 24.4 Å². The summed E-state index contributed by atoms with van der Waals surface area (Å²) >= 11 is 5.86. The maximum Gasteiger partial charge on any atom is 0.0561 e. The number of halogens is 1. The zero-order valence-corrected chi connectivity index (χ0v) is 9.35. The number of nitrogens with one attached hydrogen (secondary N) is 1. The van der Waals surface area contributed by atoms with Gasteiger partial charge in [0.1, 0.15) is 0 Å². The van der Waals surface area contributed by atoms with E-state index in [4.69, 9.17) is 11.6 Å². The van der Waals surface area contributed by atoms with Crippen LogP contribution in [0, 0.1) is 0 Å². The van der Waals surface area contributed by atoms with Crippen LogP contribution in [0.4, 0.5) is 5.69 Å². The highest BCUT2D eigenvalue weighted by molar-refractivity contribution is 6.30. The van der Waals surface area contributed by atoms with Gasteiger partial charge >= 0.3 is 0 Å². The molecule has 0 radical (unpaired) electrons. The quantitative estimate of drug-likeness (QED) is 0.630. The fourth-order valence-electron chi connectivity index (χ4n) is 1.28. The summed E-state index contributed by atoms with van der Waals surface area (Å²) in [7, 11) is 0. The van der Waals surface area contributed by atoms with Crippen LogP contribution in [0.25, 0.3) is 0 Å². The molecule has 0 saturated heterocycles. The van der Waals surface area contributed by atoms with Crippen molar-refractivity contribution in [2.45, 2.75) is 0 Å². The molecule has 0 heterocycles. The van der Waals surface area contributed by atoms with Crippen molar-refractivity contribution in [2.75, 3.05) is 5.43 Å². The molecule has 80 valence electrons. The molecule has 0 aliphatic rings. The van der Waals surface area contributed by atoms with E-state index in [0.29, 0.717) is 5.02 Å². The van der Waals surface area contributed by atoms with Gasteiger partial charge in [0, 0.05) is 5.02 Å². The van der Waals surface area contributed by atoms with Crippen molar-refractivity contribution < 1.29 is 0 Å².